The molecule has 0 unspecified atom stereocenters. The number of halogens is 1. The van der Waals surface area contributed by atoms with Gasteiger partial charge in [0.1, 0.15) is 17.3 Å². The molecule has 0 radical (unpaired) electrons. The lowest BCUT2D eigenvalue weighted by Crippen LogP contribution is -2.13. The van der Waals surface area contributed by atoms with Crippen molar-refractivity contribution in [2.24, 2.45) is 5.73 Å². The average molecular weight is 320 g/mol. The van der Waals surface area contributed by atoms with Crippen molar-refractivity contribution >= 4 is 28.4 Å². The summed E-state index contributed by atoms with van der Waals surface area (Å²) in [5.74, 6) is 0.455. The topological polar surface area (TPSA) is 79.3 Å². The van der Waals surface area contributed by atoms with Gasteiger partial charge in [0.25, 0.3) is 0 Å². The maximum atomic E-state index is 9.75. The van der Waals surface area contributed by atoms with Crippen LogP contribution in [0.2, 0.25) is 0 Å². The number of phenols is 1. The molecule has 1 aromatic rings. The number of benzene rings is 1. The molecular weight excluding hydrogens is 307 g/mol. The maximum absolute atomic E-state index is 9.75. The second-order valence-electron chi connectivity index (χ2n) is 3.35. The van der Waals surface area contributed by atoms with Crippen LogP contribution in [0.25, 0.3) is 0 Å². The molecule has 5 heteroatoms. The first-order valence-electron chi connectivity index (χ1n) is 4.46. The van der Waals surface area contributed by atoms with Crippen LogP contribution in [0.5, 0.6) is 11.5 Å². The van der Waals surface area contributed by atoms with Gasteiger partial charge in [0.2, 0.25) is 0 Å². The van der Waals surface area contributed by atoms with E-state index >= 15 is 0 Å². The molecule has 0 aliphatic heterocycles. The number of nitrogens with one attached hydrogen (secondary N) is 1. The van der Waals surface area contributed by atoms with Crippen molar-refractivity contribution in [1.82, 2.24) is 0 Å². The summed E-state index contributed by atoms with van der Waals surface area (Å²) in [5.41, 5.74) is 5.64. The molecule has 0 spiro atoms. The lowest BCUT2D eigenvalue weighted by molar-refractivity contribution is 0.239. The molecule has 1 rings (SSSR count). The van der Waals surface area contributed by atoms with Gasteiger partial charge in [-0.25, -0.2) is 0 Å². The maximum Gasteiger partial charge on any atom is 0.143 e. The van der Waals surface area contributed by atoms with Crippen LogP contribution < -0.4 is 10.5 Å². The van der Waals surface area contributed by atoms with E-state index in [1.165, 1.54) is 0 Å². The van der Waals surface area contributed by atoms with Gasteiger partial charge in [-0.1, -0.05) is 0 Å². The van der Waals surface area contributed by atoms with Gasteiger partial charge in [0.05, 0.1) is 15.2 Å². The van der Waals surface area contributed by atoms with E-state index in [1.807, 2.05) is 36.4 Å². The number of phenolic OH excluding ortho intramolecular Hbond substituents is 1. The summed E-state index contributed by atoms with van der Waals surface area (Å²) in [5, 5.41) is 17.0. The van der Waals surface area contributed by atoms with Crippen LogP contribution in [0.4, 0.5) is 0 Å². The highest BCUT2D eigenvalue weighted by molar-refractivity contribution is 14.1. The summed E-state index contributed by atoms with van der Waals surface area (Å²) in [7, 11) is 0. The average Bonchev–Trinajstić information content (AvgIpc) is 2.12. The van der Waals surface area contributed by atoms with Crippen LogP contribution in [0.1, 0.15) is 19.4 Å². The number of amidine groups is 1. The van der Waals surface area contributed by atoms with E-state index in [-0.39, 0.29) is 17.7 Å². The first-order valence-corrected chi connectivity index (χ1v) is 5.54. The molecule has 4 N–H and O–H groups in total. The van der Waals surface area contributed by atoms with E-state index < -0.39 is 0 Å². The van der Waals surface area contributed by atoms with Gasteiger partial charge in [0, 0.05) is 0 Å². The number of nitrogen functional groups attached to an aromatic ring is 1. The zero-order valence-electron chi connectivity index (χ0n) is 8.54. The summed E-state index contributed by atoms with van der Waals surface area (Å²) in [4.78, 5) is 0. The Hall–Kier alpha value is -0.980. The number of aromatic hydroxyl groups is 1. The SMILES string of the molecule is CC(C)Oc1ccc(C(=N)N)c(O)c1I. The molecule has 0 aliphatic carbocycles. The smallest absolute Gasteiger partial charge is 0.143 e. The number of hydrogen-bond acceptors (Lipinski definition) is 3. The van der Waals surface area contributed by atoms with Crippen molar-refractivity contribution < 1.29 is 9.84 Å². The minimum Gasteiger partial charge on any atom is -0.506 e. The van der Waals surface area contributed by atoms with E-state index in [0.29, 0.717) is 14.9 Å². The number of rotatable bonds is 3. The van der Waals surface area contributed by atoms with Crippen molar-refractivity contribution in [2.75, 3.05) is 0 Å². The lowest BCUT2D eigenvalue weighted by atomic mass is 10.2. The standard InChI is InChI=1S/C10H13IN2O2/c1-5(2)15-7-4-3-6(10(12)13)9(14)8(7)11/h3-5,14H,1-2H3,(H3,12,13). The zero-order valence-corrected chi connectivity index (χ0v) is 10.7. The molecule has 0 bridgehead atoms. The van der Waals surface area contributed by atoms with E-state index in [9.17, 15) is 5.11 Å². The Bertz CT molecular complexity index is 391. The van der Waals surface area contributed by atoms with E-state index in [0.717, 1.165) is 0 Å². The molecule has 0 heterocycles. The van der Waals surface area contributed by atoms with Crippen molar-refractivity contribution in [3.8, 4) is 11.5 Å². The predicted molar refractivity (Wildman–Crippen MR) is 67.6 cm³/mol. The summed E-state index contributed by atoms with van der Waals surface area (Å²) in [6.07, 6.45) is 0.0427. The van der Waals surface area contributed by atoms with E-state index in [1.54, 1.807) is 12.1 Å². The fourth-order valence-corrected chi connectivity index (χ4v) is 1.71. The Labute approximate surface area is 102 Å². The summed E-state index contributed by atoms with van der Waals surface area (Å²) in [6, 6.07) is 3.29. The third-order valence-corrected chi connectivity index (χ3v) is 2.78. The minimum absolute atomic E-state index is 0.00116. The predicted octanol–water partition coefficient (Wildman–Crippen LogP) is 2.07. The van der Waals surface area contributed by atoms with Gasteiger partial charge in [0.15, 0.2) is 0 Å². The third-order valence-electron chi connectivity index (χ3n) is 1.73. The summed E-state index contributed by atoms with van der Waals surface area (Å²) in [6.45, 7) is 3.82. The molecule has 0 aromatic heterocycles. The highest BCUT2D eigenvalue weighted by atomic mass is 127. The Morgan fingerprint density at radius 1 is 1.53 bits per heavy atom. The van der Waals surface area contributed by atoms with Gasteiger partial charge >= 0.3 is 0 Å². The quantitative estimate of drug-likeness (QED) is 0.453. The Morgan fingerprint density at radius 3 is 2.60 bits per heavy atom. The van der Waals surface area contributed by atoms with Crippen LogP contribution >= 0.6 is 22.6 Å². The lowest BCUT2D eigenvalue weighted by Gasteiger charge is -2.13. The molecular formula is C10H13IN2O2. The molecule has 1 aromatic carbocycles. The van der Waals surface area contributed by atoms with E-state index in [4.69, 9.17) is 15.9 Å². The summed E-state index contributed by atoms with van der Waals surface area (Å²) >= 11 is 1.97. The number of hydrogen-bond donors (Lipinski definition) is 3. The van der Waals surface area contributed by atoms with Crippen molar-refractivity contribution in [1.29, 1.82) is 5.41 Å². The third kappa shape index (κ3) is 2.74. The Kier molecular flexibility index (Phi) is 3.78. The summed E-state index contributed by atoms with van der Waals surface area (Å²) < 4.78 is 6.06. The molecule has 0 aliphatic rings. The Morgan fingerprint density at radius 2 is 2.13 bits per heavy atom. The Balaban J connectivity index is 3.15. The van der Waals surface area contributed by atoms with Crippen molar-refractivity contribution in [3.63, 3.8) is 0 Å². The first-order chi connectivity index (χ1) is 6.93. The molecule has 4 nitrogen and oxygen atoms in total. The highest BCUT2D eigenvalue weighted by Gasteiger charge is 2.13. The molecule has 15 heavy (non-hydrogen) atoms. The van der Waals surface area contributed by atoms with Crippen LogP contribution in [-0.4, -0.2) is 17.0 Å². The molecule has 0 atom stereocenters. The van der Waals surface area contributed by atoms with Crippen LogP contribution in [0, 0.1) is 8.98 Å². The molecule has 0 saturated heterocycles. The fraction of sp³-hybridized carbons (Fsp3) is 0.300. The first kappa shape index (κ1) is 12.1. The minimum atomic E-state index is -0.151. The van der Waals surface area contributed by atoms with Gasteiger partial charge in [-0.2, -0.15) is 0 Å². The molecule has 0 saturated carbocycles. The van der Waals surface area contributed by atoms with Crippen LogP contribution in [0.3, 0.4) is 0 Å². The van der Waals surface area contributed by atoms with Crippen LogP contribution in [-0.2, 0) is 0 Å². The van der Waals surface area contributed by atoms with Gasteiger partial charge < -0.3 is 15.6 Å². The highest BCUT2D eigenvalue weighted by Crippen LogP contribution is 2.32. The number of nitrogens with two attached hydrogens (primary N) is 1. The molecule has 82 valence electrons. The molecule has 0 fully saturated rings. The van der Waals surface area contributed by atoms with E-state index in [2.05, 4.69) is 0 Å². The van der Waals surface area contributed by atoms with Crippen molar-refractivity contribution in [2.45, 2.75) is 20.0 Å². The van der Waals surface area contributed by atoms with Gasteiger partial charge in [-0.3, -0.25) is 5.41 Å². The van der Waals surface area contributed by atoms with Crippen LogP contribution in [0.15, 0.2) is 12.1 Å². The molecule has 0 amide bonds. The van der Waals surface area contributed by atoms with Gasteiger partial charge in [-0.05, 0) is 48.6 Å². The zero-order chi connectivity index (χ0) is 11.6. The second-order valence-corrected chi connectivity index (χ2v) is 4.43. The normalized spacial score (nSPS) is 10.4. The second kappa shape index (κ2) is 4.69. The van der Waals surface area contributed by atoms with Crippen molar-refractivity contribution in [3.05, 3.63) is 21.3 Å². The monoisotopic (exact) mass is 320 g/mol. The largest absolute Gasteiger partial charge is 0.506 e. The fourth-order valence-electron chi connectivity index (χ4n) is 1.11. The van der Waals surface area contributed by atoms with Gasteiger partial charge in [-0.15, -0.1) is 0 Å². The number of ether oxygens (including phenoxy) is 1.